The van der Waals surface area contributed by atoms with E-state index < -0.39 is 11.7 Å². The Morgan fingerprint density at radius 3 is 2.62 bits per heavy atom. The van der Waals surface area contributed by atoms with Crippen molar-refractivity contribution in [3.8, 4) is 0 Å². The molecule has 7 nitrogen and oxygen atoms in total. The number of carbonyl (C=O) groups excluding carboxylic acids is 1. The van der Waals surface area contributed by atoms with E-state index >= 15 is 0 Å². The molecule has 0 radical (unpaired) electrons. The normalized spacial score (nSPS) is 18.1. The van der Waals surface area contributed by atoms with Gasteiger partial charge in [0.1, 0.15) is 0 Å². The first-order valence-electron chi connectivity index (χ1n) is 10.7. The number of piperazine rings is 1. The third-order valence-electron chi connectivity index (χ3n) is 5.89. The van der Waals surface area contributed by atoms with Gasteiger partial charge in [-0.15, -0.1) is 0 Å². The average molecular weight is 449 g/mol. The highest BCUT2D eigenvalue weighted by Gasteiger charge is 2.31. The predicted molar refractivity (Wildman–Crippen MR) is 113 cm³/mol. The van der Waals surface area contributed by atoms with Crippen LogP contribution in [0.2, 0.25) is 0 Å². The van der Waals surface area contributed by atoms with Crippen molar-refractivity contribution in [1.82, 2.24) is 19.9 Å². The van der Waals surface area contributed by atoms with Crippen molar-refractivity contribution in [3.05, 3.63) is 47.6 Å². The summed E-state index contributed by atoms with van der Waals surface area (Å²) in [7, 11) is 2.06. The van der Waals surface area contributed by atoms with Crippen LogP contribution in [-0.2, 0) is 17.4 Å². The number of carbonyl (C=O) groups is 1. The number of amides is 1. The lowest BCUT2D eigenvalue weighted by atomic mass is 10.1. The van der Waals surface area contributed by atoms with Crippen LogP contribution in [-0.4, -0.2) is 72.2 Å². The van der Waals surface area contributed by atoms with Gasteiger partial charge in [0.2, 0.25) is 11.8 Å². The molecule has 32 heavy (non-hydrogen) atoms. The molecule has 2 aromatic rings. The van der Waals surface area contributed by atoms with Crippen molar-refractivity contribution >= 4 is 17.2 Å². The van der Waals surface area contributed by atoms with E-state index in [0.717, 1.165) is 37.2 Å². The van der Waals surface area contributed by atoms with Crippen LogP contribution in [0.4, 0.5) is 18.9 Å². The zero-order valence-electron chi connectivity index (χ0n) is 17.9. The molecule has 2 aliphatic heterocycles. The highest BCUT2D eigenvalue weighted by atomic mass is 19.4. The number of benzene rings is 1. The second kappa shape index (κ2) is 9.32. The van der Waals surface area contributed by atoms with E-state index in [2.05, 4.69) is 28.2 Å². The second-order valence-corrected chi connectivity index (χ2v) is 8.17. The monoisotopic (exact) mass is 449 g/mol. The summed E-state index contributed by atoms with van der Waals surface area (Å²) in [6.07, 6.45) is -0.788. The van der Waals surface area contributed by atoms with Gasteiger partial charge in [0.25, 0.3) is 0 Å². The van der Waals surface area contributed by atoms with Crippen molar-refractivity contribution in [3.63, 3.8) is 0 Å². The third-order valence-corrected chi connectivity index (χ3v) is 5.89. The molecule has 0 N–H and O–H groups in total. The summed E-state index contributed by atoms with van der Waals surface area (Å²) in [6, 6.07) is 5.30. The van der Waals surface area contributed by atoms with Crippen LogP contribution in [0, 0.1) is 0 Å². The molecule has 0 atom stereocenters. The number of hydrogen-bond donors (Lipinski definition) is 0. The Morgan fingerprint density at radius 2 is 1.94 bits per heavy atom. The Morgan fingerprint density at radius 1 is 1.16 bits per heavy atom. The number of rotatable bonds is 5. The summed E-state index contributed by atoms with van der Waals surface area (Å²) < 4.78 is 44.2. The van der Waals surface area contributed by atoms with Crippen LogP contribution in [0.5, 0.6) is 0 Å². The molecule has 1 fully saturated rings. The summed E-state index contributed by atoms with van der Waals surface area (Å²) in [5, 5.41) is 4.04. The minimum Gasteiger partial charge on any atom is -0.368 e. The Balaban J connectivity index is 1.27. The molecule has 0 saturated carbocycles. The van der Waals surface area contributed by atoms with Crippen LogP contribution in [0.25, 0.3) is 5.57 Å². The lowest BCUT2D eigenvalue weighted by Gasteiger charge is -2.36. The zero-order chi connectivity index (χ0) is 22.7. The number of likely N-dealkylation sites (N-methyl/N-ethyl adjacent to an activating group) is 1. The number of halogens is 3. The Labute approximate surface area is 184 Å². The van der Waals surface area contributed by atoms with Gasteiger partial charge in [0.05, 0.1) is 5.56 Å². The molecule has 1 aromatic heterocycles. The van der Waals surface area contributed by atoms with Gasteiger partial charge in [0, 0.05) is 57.8 Å². The standard InChI is InChI=1S/C22H26F3N5O2/c1-28-9-7-16(8-10-28)21-26-19(32-27-21)5-6-20(31)30-13-11-29(12-14-30)18-4-2-3-17(15-18)22(23,24)25/h2-4,7,15H,5-6,8-14H2,1H3. The fraction of sp³-hybridized carbons (Fsp3) is 0.500. The number of aromatic nitrogens is 2. The van der Waals surface area contributed by atoms with Gasteiger partial charge in [-0.3, -0.25) is 4.79 Å². The largest absolute Gasteiger partial charge is 0.416 e. The molecule has 10 heteroatoms. The van der Waals surface area contributed by atoms with Crippen molar-refractivity contribution in [2.24, 2.45) is 0 Å². The highest BCUT2D eigenvalue weighted by molar-refractivity contribution is 5.76. The average Bonchev–Trinajstić information content (AvgIpc) is 3.27. The third kappa shape index (κ3) is 5.29. The van der Waals surface area contributed by atoms with Crippen LogP contribution < -0.4 is 4.90 Å². The first kappa shape index (κ1) is 22.3. The van der Waals surface area contributed by atoms with E-state index in [-0.39, 0.29) is 12.3 Å². The quantitative estimate of drug-likeness (QED) is 0.699. The minimum absolute atomic E-state index is 0.0213. The van der Waals surface area contributed by atoms with E-state index in [4.69, 9.17) is 4.52 Å². The second-order valence-electron chi connectivity index (χ2n) is 8.17. The van der Waals surface area contributed by atoms with E-state index in [1.165, 1.54) is 6.07 Å². The van der Waals surface area contributed by atoms with Crippen LogP contribution in [0.15, 0.2) is 34.9 Å². The molecule has 1 amide bonds. The molecular formula is C22H26F3N5O2. The molecule has 0 aliphatic carbocycles. The Bertz CT molecular complexity index is 980. The molecule has 0 spiro atoms. The molecule has 0 unspecified atom stereocenters. The van der Waals surface area contributed by atoms with Crippen LogP contribution >= 0.6 is 0 Å². The molecule has 4 rings (SSSR count). The van der Waals surface area contributed by atoms with E-state index in [1.807, 2.05) is 4.90 Å². The Hall–Kier alpha value is -2.88. The lowest BCUT2D eigenvalue weighted by Crippen LogP contribution is -2.48. The van der Waals surface area contributed by atoms with E-state index in [0.29, 0.717) is 50.0 Å². The number of nitrogens with zero attached hydrogens (tertiary/aromatic N) is 5. The summed E-state index contributed by atoms with van der Waals surface area (Å²) in [5.41, 5.74) is 0.923. The molecule has 2 aliphatic rings. The van der Waals surface area contributed by atoms with E-state index in [1.54, 1.807) is 11.0 Å². The van der Waals surface area contributed by atoms with Gasteiger partial charge in [-0.25, -0.2) is 0 Å². The van der Waals surface area contributed by atoms with Gasteiger partial charge in [-0.2, -0.15) is 18.2 Å². The fourth-order valence-electron chi connectivity index (χ4n) is 3.93. The summed E-state index contributed by atoms with van der Waals surface area (Å²) in [6.45, 7) is 3.70. The van der Waals surface area contributed by atoms with Crippen LogP contribution in [0.1, 0.15) is 30.1 Å². The first-order chi connectivity index (χ1) is 15.3. The van der Waals surface area contributed by atoms with Gasteiger partial charge in [-0.1, -0.05) is 17.3 Å². The fourth-order valence-corrected chi connectivity index (χ4v) is 3.93. The minimum atomic E-state index is -4.37. The summed E-state index contributed by atoms with van der Waals surface area (Å²) in [5.74, 6) is 1.01. The van der Waals surface area contributed by atoms with Crippen molar-refractivity contribution in [2.75, 3.05) is 51.2 Å². The Kier molecular flexibility index (Phi) is 6.50. The maximum atomic E-state index is 13.0. The van der Waals surface area contributed by atoms with Gasteiger partial charge in [0.15, 0.2) is 5.82 Å². The van der Waals surface area contributed by atoms with Gasteiger partial charge < -0.3 is 19.2 Å². The van der Waals surface area contributed by atoms with Gasteiger partial charge >= 0.3 is 6.18 Å². The molecule has 1 aromatic carbocycles. The smallest absolute Gasteiger partial charge is 0.368 e. The molecular weight excluding hydrogens is 423 g/mol. The number of hydrogen-bond acceptors (Lipinski definition) is 6. The lowest BCUT2D eigenvalue weighted by molar-refractivity contribution is -0.137. The number of aryl methyl sites for hydroxylation is 1. The molecule has 0 bridgehead atoms. The molecule has 1 saturated heterocycles. The first-order valence-corrected chi connectivity index (χ1v) is 10.7. The van der Waals surface area contributed by atoms with Crippen molar-refractivity contribution in [1.29, 1.82) is 0 Å². The predicted octanol–water partition coefficient (Wildman–Crippen LogP) is 3.09. The van der Waals surface area contributed by atoms with Crippen LogP contribution in [0.3, 0.4) is 0 Å². The summed E-state index contributed by atoms with van der Waals surface area (Å²) >= 11 is 0. The SMILES string of the molecule is CN1CC=C(c2noc(CCC(=O)N3CCN(c4cccc(C(F)(F)F)c4)CC3)n2)CC1. The maximum Gasteiger partial charge on any atom is 0.416 e. The van der Waals surface area contributed by atoms with E-state index in [9.17, 15) is 18.0 Å². The van der Waals surface area contributed by atoms with Crippen molar-refractivity contribution < 1.29 is 22.5 Å². The number of anilines is 1. The zero-order valence-corrected chi connectivity index (χ0v) is 17.9. The van der Waals surface area contributed by atoms with Crippen molar-refractivity contribution in [2.45, 2.75) is 25.4 Å². The topological polar surface area (TPSA) is 65.7 Å². The highest BCUT2D eigenvalue weighted by Crippen LogP contribution is 2.32. The summed E-state index contributed by atoms with van der Waals surface area (Å²) in [4.78, 5) is 22.8. The number of alkyl halides is 3. The molecule has 3 heterocycles. The maximum absolute atomic E-state index is 13.0. The van der Waals surface area contributed by atoms with Gasteiger partial charge in [-0.05, 0) is 37.2 Å². The molecule has 172 valence electrons.